The topological polar surface area (TPSA) is 90.7 Å². The van der Waals surface area contributed by atoms with Crippen LogP contribution in [0, 0.1) is 10.1 Å². The Morgan fingerprint density at radius 3 is 2.60 bits per heavy atom. The lowest BCUT2D eigenvalue weighted by molar-refractivity contribution is -0.385. The molecule has 0 spiro atoms. The van der Waals surface area contributed by atoms with E-state index in [1.807, 2.05) is 0 Å². The molecule has 2 aromatic rings. The number of amides is 1. The van der Waals surface area contributed by atoms with E-state index >= 15 is 0 Å². The van der Waals surface area contributed by atoms with Crippen LogP contribution in [0.1, 0.15) is 5.56 Å². The number of nitro groups is 1. The molecule has 9 heteroatoms. The number of carbonyl (C=O) groups is 1. The monoisotopic (exact) mass is 384 g/mol. The van der Waals surface area contributed by atoms with E-state index in [0.717, 1.165) is 0 Å². The number of rotatable bonds is 7. The number of hydrogen-bond acceptors (Lipinski definition) is 5. The first-order valence-electron chi connectivity index (χ1n) is 7.06. The zero-order valence-electron chi connectivity index (χ0n) is 13.1. The van der Waals surface area contributed by atoms with Crippen molar-refractivity contribution in [1.29, 1.82) is 0 Å². The summed E-state index contributed by atoms with van der Waals surface area (Å²) in [4.78, 5) is 22.2. The van der Waals surface area contributed by atoms with Crippen LogP contribution in [0.25, 0.3) is 0 Å². The maximum atomic E-state index is 11.9. The van der Waals surface area contributed by atoms with E-state index in [4.69, 9.17) is 32.7 Å². The summed E-state index contributed by atoms with van der Waals surface area (Å²) in [5.41, 5.74) is 0.538. The fraction of sp³-hybridized carbons (Fsp3) is 0.188. The normalized spacial score (nSPS) is 10.2. The van der Waals surface area contributed by atoms with Crippen molar-refractivity contribution in [1.82, 2.24) is 5.32 Å². The van der Waals surface area contributed by atoms with Gasteiger partial charge in [0.1, 0.15) is 0 Å². The summed E-state index contributed by atoms with van der Waals surface area (Å²) in [5.74, 6) is -0.0184. The van der Waals surface area contributed by atoms with Crippen molar-refractivity contribution in [3.8, 4) is 11.5 Å². The second kappa shape index (κ2) is 8.55. The predicted octanol–water partition coefficient (Wildman–Crippen LogP) is 3.61. The van der Waals surface area contributed by atoms with Crippen molar-refractivity contribution in [3.05, 3.63) is 62.1 Å². The van der Waals surface area contributed by atoms with Gasteiger partial charge in [0.25, 0.3) is 11.6 Å². The molecule has 132 valence electrons. The number of non-ortho nitro benzene ring substituents is 1. The summed E-state index contributed by atoms with van der Waals surface area (Å²) in [6.45, 7) is -0.132. The quantitative estimate of drug-likeness (QED) is 0.581. The standard InChI is InChI=1S/C16H14Cl2N2O5/c1-24-14-5-4-12(20(22)23)7-15(14)25-9-16(21)19-8-10-2-3-11(17)6-13(10)18/h2-7H,8-9H2,1H3,(H,19,21). The van der Waals surface area contributed by atoms with E-state index < -0.39 is 10.8 Å². The van der Waals surface area contributed by atoms with Crippen LogP contribution in [-0.4, -0.2) is 24.5 Å². The Bertz CT molecular complexity index is 798. The molecule has 0 saturated heterocycles. The van der Waals surface area contributed by atoms with Crippen LogP contribution in [0.5, 0.6) is 11.5 Å². The van der Waals surface area contributed by atoms with Crippen molar-refractivity contribution >= 4 is 34.8 Å². The molecule has 0 heterocycles. The number of nitrogens with zero attached hydrogens (tertiary/aromatic N) is 1. The van der Waals surface area contributed by atoms with Gasteiger partial charge in [-0.2, -0.15) is 0 Å². The first-order valence-corrected chi connectivity index (χ1v) is 7.82. The zero-order valence-corrected chi connectivity index (χ0v) is 14.6. The molecule has 25 heavy (non-hydrogen) atoms. The van der Waals surface area contributed by atoms with Crippen LogP contribution in [0.3, 0.4) is 0 Å². The number of methoxy groups -OCH3 is 1. The Kier molecular flexibility index (Phi) is 6.44. The van der Waals surface area contributed by atoms with Crippen molar-refractivity contribution in [2.75, 3.05) is 13.7 Å². The molecule has 0 saturated carbocycles. The lowest BCUT2D eigenvalue weighted by atomic mass is 10.2. The van der Waals surface area contributed by atoms with Gasteiger partial charge in [-0.3, -0.25) is 14.9 Å². The molecule has 7 nitrogen and oxygen atoms in total. The molecule has 0 aliphatic heterocycles. The number of carbonyl (C=O) groups excluding carboxylic acids is 1. The number of ether oxygens (including phenoxy) is 2. The third-order valence-corrected chi connectivity index (χ3v) is 3.79. The number of nitro benzene ring substituents is 1. The van der Waals surface area contributed by atoms with Crippen LogP contribution in [0.4, 0.5) is 5.69 Å². The largest absolute Gasteiger partial charge is 0.493 e. The van der Waals surface area contributed by atoms with Crippen molar-refractivity contribution in [2.24, 2.45) is 0 Å². The molecule has 0 aromatic heterocycles. The molecule has 0 atom stereocenters. The molecule has 0 aliphatic carbocycles. The average Bonchev–Trinajstić information content (AvgIpc) is 2.58. The average molecular weight is 385 g/mol. The molecule has 0 bridgehead atoms. The van der Waals surface area contributed by atoms with Crippen LogP contribution in [0.2, 0.25) is 10.0 Å². The molecule has 1 amide bonds. The van der Waals surface area contributed by atoms with Gasteiger partial charge in [0.2, 0.25) is 0 Å². The van der Waals surface area contributed by atoms with Crippen LogP contribution < -0.4 is 14.8 Å². The van der Waals surface area contributed by atoms with Gasteiger partial charge in [-0.15, -0.1) is 0 Å². The summed E-state index contributed by atoms with van der Waals surface area (Å²) < 4.78 is 10.4. The third kappa shape index (κ3) is 5.23. The maximum absolute atomic E-state index is 11.9. The van der Waals surface area contributed by atoms with E-state index in [2.05, 4.69) is 5.32 Å². The molecule has 0 fully saturated rings. The van der Waals surface area contributed by atoms with E-state index in [-0.39, 0.29) is 24.6 Å². The number of nitrogens with one attached hydrogen (secondary N) is 1. The van der Waals surface area contributed by atoms with Gasteiger partial charge in [-0.25, -0.2) is 0 Å². The smallest absolute Gasteiger partial charge is 0.273 e. The maximum Gasteiger partial charge on any atom is 0.273 e. The number of halogens is 2. The highest BCUT2D eigenvalue weighted by Gasteiger charge is 2.14. The lowest BCUT2D eigenvalue weighted by Crippen LogP contribution is -2.28. The van der Waals surface area contributed by atoms with Crippen molar-refractivity contribution < 1.29 is 19.2 Å². The third-order valence-electron chi connectivity index (χ3n) is 3.21. The van der Waals surface area contributed by atoms with Gasteiger partial charge in [-0.05, 0) is 23.8 Å². The van der Waals surface area contributed by atoms with Crippen LogP contribution >= 0.6 is 23.2 Å². The summed E-state index contributed by atoms with van der Waals surface area (Å²) in [6.07, 6.45) is 0. The first-order chi connectivity index (χ1) is 11.9. The molecule has 1 N–H and O–H groups in total. The van der Waals surface area contributed by atoms with E-state index in [9.17, 15) is 14.9 Å². The summed E-state index contributed by atoms with van der Waals surface area (Å²) in [7, 11) is 1.40. The Morgan fingerprint density at radius 1 is 1.20 bits per heavy atom. The van der Waals surface area contributed by atoms with E-state index in [1.165, 1.54) is 25.3 Å². The Labute approximate surface area is 153 Å². The molecular formula is C16H14Cl2N2O5. The molecule has 0 aliphatic rings. The van der Waals surface area contributed by atoms with Crippen LogP contribution in [-0.2, 0) is 11.3 Å². The minimum Gasteiger partial charge on any atom is -0.493 e. The highest BCUT2D eigenvalue weighted by Crippen LogP contribution is 2.31. The molecule has 0 radical (unpaired) electrons. The van der Waals surface area contributed by atoms with Crippen molar-refractivity contribution in [2.45, 2.75) is 6.54 Å². The second-order valence-electron chi connectivity index (χ2n) is 4.89. The predicted molar refractivity (Wildman–Crippen MR) is 93.5 cm³/mol. The van der Waals surface area contributed by atoms with Gasteiger partial charge in [-0.1, -0.05) is 29.3 Å². The zero-order chi connectivity index (χ0) is 18.4. The number of benzene rings is 2. The van der Waals surface area contributed by atoms with Gasteiger partial charge >= 0.3 is 0 Å². The van der Waals surface area contributed by atoms with Gasteiger partial charge in [0.15, 0.2) is 18.1 Å². The van der Waals surface area contributed by atoms with Gasteiger partial charge in [0.05, 0.1) is 18.1 Å². The number of hydrogen-bond donors (Lipinski definition) is 1. The highest BCUT2D eigenvalue weighted by atomic mass is 35.5. The second-order valence-corrected chi connectivity index (χ2v) is 5.74. The lowest BCUT2D eigenvalue weighted by Gasteiger charge is -2.11. The van der Waals surface area contributed by atoms with E-state index in [1.54, 1.807) is 18.2 Å². The fourth-order valence-electron chi connectivity index (χ4n) is 1.94. The van der Waals surface area contributed by atoms with E-state index in [0.29, 0.717) is 21.4 Å². The Balaban J connectivity index is 1.95. The minimum atomic E-state index is -0.561. The minimum absolute atomic E-state index is 0.108. The molecular weight excluding hydrogens is 371 g/mol. The fourth-order valence-corrected chi connectivity index (χ4v) is 2.42. The summed E-state index contributed by atoms with van der Waals surface area (Å²) in [5, 5.41) is 14.4. The Hall–Kier alpha value is -2.51. The van der Waals surface area contributed by atoms with Gasteiger partial charge in [0, 0.05) is 22.7 Å². The SMILES string of the molecule is COc1ccc([N+](=O)[O-])cc1OCC(=O)NCc1ccc(Cl)cc1Cl. The molecule has 0 unspecified atom stereocenters. The Morgan fingerprint density at radius 2 is 1.96 bits per heavy atom. The summed E-state index contributed by atoms with van der Waals surface area (Å²) >= 11 is 11.8. The van der Waals surface area contributed by atoms with Crippen molar-refractivity contribution in [3.63, 3.8) is 0 Å². The molecule has 2 rings (SSSR count). The summed E-state index contributed by atoms with van der Waals surface area (Å²) in [6, 6.07) is 8.83. The van der Waals surface area contributed by atoms with Gasteiger partial charge < -0.3 is 14.8 Å². The molecule has 2 aromatic carbocycles. The highest BCUT2D eigenvalue weighted by molar-refractivity contribution is 6.35. The first kappa shape index (κ1) is 18.8. The van der Waals surface area contributed by atoms with Crippen LogP contribution in [0.15, 0.2) is 36.4 Å².